The van der Waals surface area contributed by atoms with Crippen LogP contribution in [0.1, 0.15) is 22.6 Å². The van der Waals surface area contributed by atoms with E-state index < -0.39 is 10.0 Å². The molecule has 0 aliphatic rings. The van der Waals surface area contributed by atoms with Crippen molar-refractivity contribution in [3.05, 3.63) is 53.0 Å². The molecule has 2 rings (SSSR count). The molecular formula is C14H17NO4S. The van der Waals surface area contributed by atoms with E-state index in [1.165, 1.54) is 0 Å². The summed E-state index contributed by atoms with van der Waals surface area (Å²) in [5.74, 6) is 0.706. The summed E-state index contributed by atoms with van der Waals surface area (Å²) < 4.78 is 32.5. The zero-order valence-electron chi connectivity index (χ0n) is 11.4. The first kappa shape index (κ1) is 14.8. The number of aliphatic hydroxyl groups excluding tert-OH is 1. The van der Waals surface area contributed by atoms with E-state index in [4.69, 9.17) is 4.42 Å². The van der Waals surface area contributed by atoms with Gasteiger partial charge in [-0.05, 0) is 19.4 Å². The molecule has 0 aliphatic heterocycles. The number of furan rings is 1. The molecule has 2 N–H and O–H groups in total. The minimum atomic E-state index is -3.71. The van der Waals surface area contributed by atoms with E-state index in [1.54, 1.807) is 13.8 Å². The summed E-state index contributed by atoms with van der Waals surface area (Å²) in [6.07, 6.45) is 0. The van der Waals surface area contributed by atoms with Gasteiger partial charge in [0.1, 0.15) is 16.4 Å². The number of aryl methyl sites for hydroxylation is 2. The van der Waals surface area contributed by atoms with Crippen molar-refractivity contribution in [1.82, 2.24) is 4.72 Å². The number of benzene rings is 1. The lowest BCUT2D eigenvalue weighted by Gasteiger charge is -2.07. The number of aliphatic hydroxyl groups is 1. The lowest BCUT2D eigenvalue weighted by molar-refractivity contribution is 0.276. The van der Waals surface area contributed by atoms with E-state index in [-0.39, 0.29) is 23.8 Å². The van der Waals surface area contributed by atoms with Crippen LogP contribution < -0.4 is 4.72 Å². The average molecular weight is 295 g/mol. The zero-order chi connectivity index (χ0) is 14.8. The van der Waals surface area contributed by atoms with Crippen LogP contribution in [0.5, 0.6) is 0 Å². The highest BCUT2D eigenvalue weighted by Crippen LogP contribution is 2.26. The van der Waals surface area contributed by atoms with Crippen molar-refractivity contribution in [3.63, 3.8) is 0 Å². The van der Waals surface area contributed by atoms with Crippen LogP contribution in [0.3, 0.4) is 0 Å². The molecule has 2 aromatic rings. The summed E-state index contributed by atoms with van der Waals surface area (Å²) in [7, 11) is -3.71. The second-order valence-electron chi connectivity index (χ2n) is 4.49. The second-order valence-corrected chi connectivity index (χ2v) is 6.19. The van der Waals surface area contributed by atoms with E-state index >= 15 is 0 Å². The van der Waals surface area contributed by atoms with Gasteiger partial charge in [-0.1, -0.05) is 30.3 Å². The van der Waals surface area contributed by atoms with Crippen LogP contribution >= 0.6 is 0 Å². The van der Waals surface area contributed by atoms with Crippen molar-refractivity contribution in [3.8, 4) is 0 Å². The van der Waals surface area contributed by atoms with Gasteiger partial charge in [-0.2, -0.15) is 0 Å². The fourth-order valence-corrected chi connectivity index (χ4v) is 3.54. The van der Waals surface area contributed by atoms with Crippen LogP contribution in [0.25, 0.3) is 0 Å². The lowest BCUT2D eigenvalue weighted by Crippen LogP contribution is -2.24. The summed E-state index contributed by atoms with van der Waals surface area (Å²) in [5, 5.41) is 9.31. The van der Waals surface area contributed by atoms with Crippen molar-refractivity contribution in [2.45, 2.75) is 31.9 Å². The normalized spacial score (nSPS) is 11.8. The van der Waals surface area contributed by atoms with Gasteiger partial charge >= 0.3 is 0 Å². The average Bonchev–Trinajstić information content (AvgIpc) is 2.72. The first-order chi connectivity index (χ1) is 9.45. The summed E-state index contributed by atoms with van der Waals surface area (Å²) in [6, 6.07) is 9.23. The predicted molar refractivity (Wildman–Crippen MR) is 74.6 cm³/mol. The molecule has 0 atom stereocenters. The quantitative estimate of drug-likeness (QED) is 0.882. The van der Waals surface area contributed by atoms with Crippen LogP contribution in [0.15, 0.2) is 39.6 Å². The smallest absolute Gasteiger partial charge is 0.244 e. The fraction of sp³-hybridized carbons (Fsp3) is 0.286. The van der Waals surface area contributed by atoms with Gasteiger partial charge in [0, 0.05) is 12.1 Å². The second kappa shape index (κ2) is 5.78. The molecule has 6 heteroatoms. The van der Waals surface area contributed by atoms with Gasteiger partial charge in [-0.15, -0.1) is 0 Å². The van der Waals surface area contributed by atoms with E-state index in [1.807, 2.05) is 30.3 Å². The first-order valence-corrected chi connectivity index (χ1v) is 7.67. The summed E-state index contributed by atoms with van der Waals surface area (Å²) in [6.45, 7) is 3.03. The molecule has 5 nitrogen and oxygen atoms in total. The maximum absolute atomic E-state index is 12.3. The third-order valence-electron chi connectivity index (χ3n) is 3.06. The van der Waals surface area contributed by atoms with Crippen LogP contribution in [-0.4, -0.2) is 13.5 Å². The van der Waals surface area contributed by atoms with Gasteiger partial charge in [0.15, 0.2) is 0 Å². The Morgan fingerprint density at radius 2 is 1.80 bits per heavy atom. The molecule has 0 aliphatic carbocycles. The summed E-state index contributed by atoms with van der Waals surface area (Å²) in [4.78, 5) is 0.0356. The Kier molecular flexibility index (Phi) is 4.27. The topological polar surface area (TPSA) is 79.5 Å². The predicted octanol–water partition coefficient (Wildman–Crippen LogP) is 1.87. The summed E-state index contributed by atoms with van der Waals surface area (Å²) >= 11 is 0. The number of sulfonamides is 1. The molecule has 0 saturated carbocycles. The number of hydrogen-bond donors (Lipinski definition) is 2. The van der Waals surface area contributed by atoms with Crippen LogP contribution in [0.4, 0.5) is 0 Å². The molecule has 0 amide bonds. The van der Waals surface area contributed by atoms with Gasteiger partial charge in [-0.25, -0.2) is 13.1 Å². The first-order valence-electron chi connectivity index (χ1n) is 6.19. The third kappa shape index (κ3) is 2.92. The highest BCUT2D eigenvalue weighted by molar-refractivity contribution is 7.89. The molecule has 0 spiro atoms. The Balaban J connectivity index is 2.27. The van der Waals surface area contributed by atoms with Crippen LogP contribution in [0.2, 0.25) is 0 Å². The van der Waals surface area contributed by atoms with Crippen molar-refractivity contribution in [2.75, 3.05) is 0 Å². The molecule has 108 valence electrons. The minimum Gasteiger partial charge on any atom is -0.465 e. The van der Waals surface area contributed by atoms with Crippen molar-refractivity contribution < 1.29 is 17.9 Å². The minimum absolute atomic E-state index is 0.0356. The number of hydrogen-bond acceptors (Lipinski definition) is 4. The number of nitrogens with one attached hydrogen (secondary N) is 1. The monoisotopic (exact) mass is 295 g/mol. The zero-order valence-corrected chi connectivity index (χ0v) is 12.2. The van der Waals surface area contributed by atoms with E-state index in [0.717, 1.165) is 5.56 Å². The Labute approximate surface area is 118 Å². The molecule has 0 fully saturated rings. The van der Waals surface area contributed by atoms with Crippen molar-refractivity contribution >= 4 is 10.0 Å². The molecule has 0 unspecified atom stereocenters. The fourth-order valence-electron chi connectivity index (χ4n) is 2.09. The van der Waals surface area contributed by atoms with Crippen molar-refractivity contribution in [1.29, 1.82) is 0 Å². The van der Waals surface area contributed by atoms with Crippen LogP contribution in [-0.2, 0) is 23.2 Å². The maximum Gasteiger partial charge on any atom is 0.244 e. The van der Waals surface area contributed by atoms with Gasteiger partial charge in [0.05, 0.1) is 6.61 Å². The molecule has 0 saturated heterocycles. The SMILES string of the molecule is Cc1oc(C)c(S(=O)(=O)NCc2ccccc2)c1CO. The van der Waals surface area contributed by atoms with Gasteiger partial charge < -0.3 is 9.52 Å². The Hall–Kier alpha value is -1.63. The molecule has 0 radical (unpaired) electrons. The van der Waals surface area contributed by atoms with Crippen molar-refractivity contribution in [2.24, 2.45) is 0 Å². The van der Waals surface area contributed by atoms with Gasteiger partial charge in [0.25, 0.3) is 0 Å². The van der Waals surface area contributed by atoms with E-state index in [2.05, 4.69) is 4.72 Å². The van der Waals surface area contributed by atoms with Gasteiger partial charge in [-0.3, -0.25) is 0 Å². The number of rotatable bonds is 5. The van der Waals surface area contributed by atoms with Gasteiger partial charge in [0.2, 0.25) is 10.0 Å². The van der Waals surface area contributed by atoms with E-state index in [9.17, 15) is 13.5 Å². The summed E-state index contributed by atoms with van der Waals surface area (Å²) in [5.41, 5.74) is 1.17. The highest BCUT2D eigenvalue weighted by atomic mass is 32.2. The Bertz CT molecular complexity index is 689. The molecule has 1 aromatic carbocycles. The van der Waals surface area contributed by atoms with E-state index in [0.29, 0.717) is 11.3 Å². The standard InChI is InChI=1S/C14H17NO4S/c1-10-13(9-16)14(11(2)19-10)20(17,18)15-8-12-6-4-3-5-7-12/h3-7,15-16H,8-9H2,1-2H3. The maximum atomic E-state index is 12.3. The largest absolute Gasteiger partial charge is 0.465 e. The Morgan fingerprint density at radius 1 is 1.15 bits per heavy atom. The molecule has 1 aromatic heterocycles. The molecule has 1 heterocycles. The van der Waals surface area contributed by atoms with Crippen LogP contribution in [0, 0.1) is 13.8 Å². The highest BCUT2D eigenvalue weighted by Gasteiger charge is 2.26. The molecule has 0 bridgehead atoms. The molecule has 20 heavy (non-hydrogen) atoms. The third-order valence-corrected chi connectivity index (χ3v) is 4.66. The lowest BCUT2D eigenvalue weighted by atomic mass is 10.2. The molecular weight excluding hydrogens is 278 g/mol. The Morgan fingerprint density at radius 3 is 2.40 bits per heavy atom.